The van der Waals surface area contributed by atoms with E-state index in [-0.39, 0.29) is 18.1 Å². The van der Waals surface area contributed by atoms with Gasteiger partial charge in [-0.3, -0.25) is 0 Å². The molecule has 0 saturated carbocycles. The van der Waals surface area contributed by atoms with E-state index in [0.717, 1.165) is 18.2 Å². The van der Waals surface area contributed by atoms with Crippen LogP contribution in [-0.2, 0) is 6.61 Å². The van der Waals surface area contributed by atoms with Gasteiger partial charge >= 0.3 is 0 Å². The van der Waals surface area contributed by atoms with Crippen molar-refractivity contribution < 1.29 is 23.0 Å². The zero-order valence-corrected chi connectivity index (χ0v) is 9.16. The Morgan fingerprint density at radius 1 is 0.944 bits per heavy atom. The van der Waals surface area contributed by atoms with Crippen LogP contribution in [0.3, 0.4) is 0 Å². The monoisotopic (exact) mass is 254 g/mol. The molecule has 2 rings (SSSR count). The van der Waals surface area contributed by atoms with Crippen LogP contribution in [0, 0.1) is 17.5 Å². The fourth-order valence-electron chi connectivity index (χ4n) is 1.44. The van der Waals surface area contributed by atoms with E-state index < -0.39 is 17.5 Å². The molecule has 5 heteroatoms. The largest absolute Gasteiger partial charge is 0.454 e. The van der Waals surface area contributed by atoms with Crippen molar-refractivity contribution in [2.24, 2.45) is 0 Å². The van der Waals surface area contributed by atoms with Crippen molar-refractivity contribution >= 4 is 0 Å². The van der Waals surface area contributed by atoms with Crippen LogP contribution >= 0.6 is 0 Å². The van der Waals surface area contributed by atoms with Crippen LogP contribution in [0.4, 0.5) is 13.2 Å². The Morgan fingerprint density at radius 2 is 1.61 bits per heavy atom. The minimum absolute atomic E-state index is 0.136. The summed E-state index contributed by atoms with van der Waals surface area (Å²) in [7, 11) is 0. The molecule has 0 heterocycles. The molecule has 0 spiro atoms. The summed E-state index contributed by atoms with van der Waals surface area (Å²) in [5.74, 6) is -2.64. The highest BCUT2D eigenvalue weighted by Gasteiger charge is 2.08. The van der Waals surface area contributed by atoms with Crippen LogP contribution in [0.1, 0.15) is 5.56 Å². The van der Waals surface area contributed by atoms with Gasteiger partial charge in [0.25, 0.3) is 0 Å². The lowest BCUT2D eigenvalue weighted by Crippen LogP contribution is -1.92. The summed E-state index contributed by atoms with van der Waals surface area (Å²) in [6.45, 7) is -0.300. The maximum Gasteiger partial charge on any atom is 0.166 e. The lowest BCUT2D eigenvalue weighted by molar-refractivity contribution is 0.281. The fourth-order valence-corrected chi connectivity index (χ4v) is 1.44. The zero-order chi connectivity index (χ0) is 13.1. The molecule has 0 saturated heterocycles. The highest BCUT2D eigenvalue weighted by molar-refractivity contribution is 5.34. The molecule has 2 nitrogen and oxygen atoms in total. The van der Waals surface area contributed by atoms with Crippen molar-refractivity contribution in [2.75, 3.05) is 0 Å². The standard InChI is InChI=1S/C13H9F3O2/c14-9-4-10(15)6-11(5-9)18-13-2-1-8(7-17)3-12(13)16/h1-6,17H,7H2. The third-order valence-corrected chi connectivity index (χ3v) is 2.24. The molecular formula is C13H9F3O2. The third-order valence-electron chi connectivity index (χ3n) is 2.24. The molecule has 0 fully saturated rings. The number of aliphatic hydroxyl groups excluding tert-OH is 1. The minimum atomic E-state index is -0.808. The van der Waals surface area contributed by atoms with Crippen molar-refractivity contribution in [3.05, 3.63) is 59.4 Å². The van der Waals surface area contributed by atoms with Crippen LogP contribution in [0.2, 0.25) is 0 Å². The maximum absolute atomic E-state index is 13.5. The molecule has 0 aliphatic heterocycles. The molecule has 2 aromatic rings. The maximum atomic E-state index is 13.5. The first-order valence-corrected chi connectivity index (χ1v) is 5.12. The van der Waals surface area contributed by atoms with E-state index in [1.54, 1.807) is 0 Å². The Hall–Kier alpha value is -2.01. The molecule has 0 atom stereocenters. The fraction of sp³-hybridized carbons (Fsp3) is 0.0769. The van der Waals surface area contributed by atoms with Crippen LogP contribution in [0.15, 0.2) is 36.4 Å². The van der Waals surface area contributed by atoms with E-state index in [4.69, 9.17) is 9.84 Å². The number of hydrogen-bond acceptors (Lipinski definition) is 2. The Morgan fingerprint density at radius 3 is 2.17 bits per heavy atom. The Kier molecular flexibility index (Phi) is 3.53. The van der Waals surface area contributed by atoms with Gasteiger partial charge in [-0.2, -0.15) is 0 Å². The van der Waals surface area contributed by atoms with Crippen LogP contribution < -0.4 is 4.74 Å². The second-order valence-corrected chi connectivity index (χ2v) is 3.63. The lowest BCUT2D eigenvalue weighted by atomic mass is 10.2. The first-order valence-electron chi connectivity index (χ1n) is 5.12. The molecule has 0 unspecified atom stereocenters. The molecule has 0 aromatic heterocycles. The van der Waals surface area contributed by atoms with Gasteiger partial charge in [-0.1, -0.05) is 6.07 Å². The number of ether oxygens (including phenoxy) is 1. The summed E-state index contributed by atoms with van der Waals surface area (Å²) in [5, 5.41) is 8.81. The average Bonchev–Trinajstić information content (AvgIpc) is 2.30. The van der Waals surface area contributed by atoms with Gasteiger partial charge < -0.3 is 9.84 Å². The first-order chi connectivity index (χ1) is 8.58. The molecule has 0 aliphatic carbocycles. The van der Waals surface area contributed by atoms with Crippen molar-refractivity contribution in [1.82, 2.24) is 0 Å². The molecule has 2 aromatic carbocycles. The Labute approximate surface area is 101 Å². The van der Waals surface area contributed by atoms with Crippen molar-refractivity contribution in [1.29, 1.82) is 0 Å². The smallest absolute Gasteiger partial charge is 0.166 e. The SMILES string of the molecule is OCc1ccc(Oc2cc(F)cc(F)c2)c(F)c1. The average molecular weight is 254 g/mol. The van der Waals surface area contributed by atoms with Gasteiger partial charge in [0.05, 0.1) is 6.61 Å². The minimum Gasteiger partial charge on any atom is -0.454 e. The molecule has 0 aliphatic rings. The number of hydrogen-bond donors (Lipinski definition) is 1. The summed E-state index contributed by atoms with van der Waals surface area (Å²) in [4.78, 5) is 0. The highest BCUT2D eigenvalue weighted by atomic mass is 19.1. The number of aliphatic hydroxyl groups is 1. The predicted molar refractivity (Wildman–Crippen MR) is 58.8 cm³/mol. The summed E-state index contributed by atoms with van der Waals surface area (Å²) >= 11 is 0. The normalized spacial score (nSPS) is 10.4. The van der Waals surface area contributed by atoms with Gasteiger partial charge in [0, 0.05) is 18.2 Å². The second kappa shape index (κ2) is 5.10. The summed E-state index contributed by atoms with van der Waals surface area (Å²) in [6, 6.07) is 6.41. The van der Waals surface area contributed by atoms with Crippen molar-refractivity contribution in [3.63, 3.8) is 0 Å². The van der Waals surface area contributed by atoms with Gasteiger partial charge in [0.1, 0.15) is 17.4 Å². The van der Waals surface area contributed by atoms with Crippen LogP contribution in [0.25, 0.3) is 0 Å². The second-order valence-electron chi connectivity index (χ2n) is 3.63. The van der Waals surface area contributed by atoms with Gasteiger partial charge in [0.15, 0.2) is 11.6 Å². The third kappa shape index (κ3) is 2.81. The predicted octanol–water partition coefficient (Wildman–Crippen LogP) is 3.39. The molecule has 94 valence electrons. The topological polar surface area (TPSA) is 29.5 Å². The Bertz CT molecular complexity index is 550. The molecule has 0 bridgehead atoms. The van der Waals surface area contributed by atoms with Gasteiger partial charge in [-0.25, -0.2) is 13.2 Å². The lowest BCUT2D eigenvalue weighted by Gasteiger charge is -2.08. The highest BCUT2D eigenvalue weighted by Crippen LogP contribution is 2.26. The van der Waals surface area contributed by atoms with Gasteiger partial charge in [0.2, 0.25) is 0 Å². The van der Waals surface area contributed by atoms with E-state index in [0.29, 0.717) is 11.6 Å². The molecule has 18 heavy (non-hydrogen) atoms. The molecule has 1 N–H and O–H groups in total. The van der Waals surface area contributed by atoms with E-state index in [1.807, 2.05) is 0 Å². The van der Waals surface area contributed by atoms with E-state index in [1.165, 1.54) is 12.1 Å². The number of benzene rings is 2. The first kappa shape index (κ1) is 12.4. The van der Waals surface area contributed by atoms with Crippen LogP contribution in [-0.4, -0.2) is 5.11 Å². The van der Waals surface area contributed by atoms with Crippen molar-refractivity contribution in [2.45, 2.75) is 6.61 Å². The zero-order valence-electron chi connectivity index (χ0n) is 9.16. The van der Waals surface area contributed by atoms with E-state index >= 15 is 0 Å². The van der Waals surface area contributed by atoms with E-state index in [9.17, 15) is 13.2 Å². The number of halogens is 3. The molecule has 0 radical (unpaired) electrons. The van der Waals surface area contributed by atoms with Gasteiger partial charge in [-0.05, 0) is 17.7 Å². The summed E-state index contributed by atoms with van der Waals surface area (Å²) in [5.41, 5.74) is 0.380. The summed E-state index contributed by atoms with van der Waals surface area (Å²) < 4.78 is 44.3. The van der Waals surface area contributed by atoms with E-state index in [2.05, 4.69) is 0 Å². The quantitative estimate of drug-likeness (QED) is 0.909. The Balaban J connectivity index is 2.28. The number of rotatable bonds is 3. The van der Waals surface area contributed by atoms with Crippen LogP contribution in [0.5, 0.6) is 11.5 Å². The molecular weight excluding hydrogens is 245 g/mol. The van der Waals surface area contributed by atoms with Crippen molar-refractivity contribution in [3.8, 4) is 11.5 Å². The summed E-state index contributed by atoms with van der Waals surface area (Å²) in [6.07, 6.45) is 0. The molecule has 0 amide bonds. The van der Waals surface area contributed by atoms with Gasteiger partial charge in [-0.15, -0.1) is 0 Å².